The molecule has 2 aliphatic rings. The number of hydrogen-bond donors (Lipinski definition) is 1. The fraction of sp³-hybridized carbons (Fsp3) is 0.421. The average Bonchev–Trinajstić information content (AvgIpc) is 3.31. The number of fused-ring (bicyclic) bond motifs is 2. The Bertz CT molecular complexity index is 774. The van der Waals surface area contributed by atoms with Crippen LogP contribution in [0.4, 0.5) is 0 Å². The minimum atomic E-state index is -0.885. The maximum Gasteiger partial charge on any atom is 0.312 e. The molecule has 6 nitrogen and oxygen atoms in total. The number of aliphatic carboxylic acids is 1. The van der Waals surface area contributed by atoms with E-state index in [0.717, 1.165) is 18.4 Å². The lowest BCUT2D eigenvalue weighted by molar-refractivity contribution is -0.151. The Hall–Kier alpha value is -2.63. The molecule has 0 spiro atoms. The molecule has 2 aromatic rings. The Balaban J connectivity index is 1.60. The smallest absolute Gasteiger partial charge is 0.312 e. The van der Waals surface area contributed by atoms with Crippen molar-refractivity contribution in [1.82, 2.24) is 14.7 Å². The van der Waals surface area contributed by atoms with Gasteiger partial charge in [0, 0.05) is 24.5 Å². The summed E-state index contributed by atoms with van der Waals surface area (Å²) in [6.07, 6.45) is 6.05. The van der Waals surface area contributed by atoms with Crippen molar-refractivity contribution in [3.63, 3.8) is 0 Å². The number of rotatable bonds is 5. The molecule has 130 valence electrons. The standard InChI is InChI=1S/C19H21N3O3/c23-17(13-21-10-4-9-20-21)22-15-7-8-16(22)19(12-15,18(24)25)11-14-5-2-1-3-6-14/h1-6,9-10,15-16H,7-8,11-13H2,(H,24,25)/t15-,16+,19+/m0/s1. The molecule has 3 heterocycles. The number of carboxylic acids is 1. The van der Waals surface area contributed by atoms with Crippen LogP contribution in [0.15, 0.2) is 48.8 Å². The van der Waals surface area contributed by atoms with Crippen LogP contribution in [0.25, 0.3) is 0 Å². The Morgan fingerprint density at radius 1 is 1.20 bits per heavy atom. The average molecular weight is 339 g/mol. The lowest BCUT2D eigenvalue weighted by Gasteiger charge is -2.33. The van der Waals surface area contributed by atoms with Crippen molar-refractivity contribution in [2.24, 2.45) is 5.41 Å². The maximum atomic E-state index is 12.8. The predicted molar refractivity (Wildman–Crippen MR) is 90.7 cm³/mol. The first kappa shape index (κ1) is 15.9. The highest BCUT2D eigenvalue weighted by atomic mass is 16.4. The molecular formula is C19H21N3O3. The summed E-state index contributed by atoms with van der Waals surface area (Å²) in [5, 5.41) is 14.1. The molecule has 1 amide bonds. The predicted octanol–water partition coefficient (Wildman–Crippen LogP) is 1.96. The number of carboxylic acid groups (broad SMARTS) is 1. The second kappa shape index (κ2) is 6.02. The molecule has 0 saturated carbocycles. The maximum absolute atomic E-state index is 12.8. The molecule has 2 saturated heterocycles. The van der Waals surface area contributed by atoms with Crippen molar-refractivity contribution in [2.45, 2.75) is 44.3 Å². The molecule has 0 unspecified atom stereocenters. The quantitative estimate of drug-likeness (QED) is 0.903. The summed E-state index contributed by atoms with van der Waals surface area (Å²) in [7, 11) is 0. The van der Waals surface area contributed by atoms with Gasteiger partial charge in [0.2, 0.25) is 5.91 Å². The van der Waals surface area contributed by atoms with Gasteiger partial charge in [-0.3, -0.25) is 14.3 Å². The molecule has 3 atom stereocenters. The SMILES string of the molecule is O=C(Cn1cccn1)N1[C@H]2CC[C@@H]1[C@](Cc1ccccc1)(C(=O)O)C2. The van der Waals surface area contributed by atoms with Crippen molar-refractivity contribution in [1.29, 1.82) is 0 Å². The van der Waals surface area contributed by atoms with Crippen molar-refractivity contribution in [3.8, 4) is 0 Å². The third-order valence-corrected chi connectivity index (χ3v) is 5.67. The van der Waals surface area contributed by atoms with E-state index in [1.165, 1.54) is 0 Å². The summed E-state index contributed by atoms with van der Waals surface area (Å²) in [5.74, 6) is -0.826. The minimum Gasteiger partial charge on any atom is -0.481 e. The van der Waals surface area contributed by atoms with Crippen LogP contribution in [0.1, 0.15) is 24.8 Å². The Kier molecular flexibility index (Phi) is 3.82. The Morgan fingerprint density at radius 3 is 2.68 bits per heavy atom. The van der Waals surface area contributed by atoms with Gasteiger partial charge in [0.15, 0.2) is 0 Å². The van der Waals surface area contributed by atoms with E-state index < -0.39 is 11.4 Å². The number of carbonyl (C=O) groups excluding carboxylic acids is 1. The summed E-state index contributed by atoms with van der Waals surface area (Å²) in [6, 6.07) is 11.3. The molecule has 1 N–H and O–H groups in total. The molecule has 0 radical (unpaired) electrons. The van der Waals surface area contributed by atoms with E-state index in [0.29, 0.717) is 12.8 Å². The van der Waals surface area contributed by atoms with Gasteiger partial charge in [-0.25, -0.2) is 0 Å². The fourth-order valence-corrected chi connectivity index (χ4v) is 4.63. The summed E-state index contributed by atoms with van der Waals surface area (Å²) >= 11 is 0. The van der Waals surface area contributed by atoms with Crippen LogP contribution >= 0.6 is 0 Å². The third-order valence-electron chi connectivity index (χ3n) is 5.67. The molecule has 25 heavy (non-hydrogen) atoms. The molecular weight excluding hydrogens is 318 g/mol. The zero-order chi connectivity index (χ0) is 17.4. The van der Waals surface area contributed by atoms with Crippen molar-refractivity contribution >= 4 is 11.9 Å². The van der Waals surface area contributed by atoms with E-state index in [9.17, 15) is 14.7 Å². The summed E-state index contributed by atoms with van der Waals surface area (Å²) in [4.78, 5) is 26.9. The lowest BCUT2D eigenvalue weighted by Crippen LogP contribution is -2.47. The van der Waals surface area contributed by atoms with Crippen LogP contribution < -0.4 is 0 Å². The van der Waals surface area contributed by atoms with E-state index >= 15 is 0 Å². The second-order valence-corrected chi connectivity index (χ2v) is 7.08. The number of aromatic nitrogens is 2. The van der Waals surface area contributed by atoms with E-state index in [2.05, 4.69) is 5.10 Å². The fourth-order valence-electron chi connectivity index (χ4n) is 4.63. The van der Waals surface area contributed by atoms with Gasteiger partial charge in [-0.1, -0.05) is 30.3 Å². The molecule has 4 rings (SSSR count). The summed E-state index contributed by atoms with van der Waals surface area (Å²) in [6.45, 7) is 0.168. The van der Waals surface area contributed by atoms with Crippen molar-refractivity contribution < 1.29 is 14.7 Å². The molecule has 0 aliphatic carbocycles. The first-order chi connectivity index (χ1) is 12.1. The van der Waals surface area contributed by atoms with Crippen LogP contribution in [0, 0.1) is 5.41 Å². The van der Waals surface area contributed by atoms with Crippen LogP contribution in [-0.2, 0) is 22.6 Å². The minimum absolute atomic E-state index is 0.0212. The van der Waals surface area contributed by atoms with E-state index in [1.807, 2.05) is 35.2 Å². The van der Waals surface area contributed by atoms with Gasteiger partial charge in [-0.15, -0.1) is 0 Å². The lowest BCUT2D eigenvalue weighted by atomic mass is 9.70. The number of hydrogen-bond acceptors (Lipinski definition) is 3. The second-order valence-electron chi connectivity index (χ2n) is 7.08. The highest BCUT2D eigenvalue weighted by Gasteiger charge is 2.61. The van der Waals surface area contributed by atoms with E-state index in [4.69, 9.17) is 0 Å². The number of amides is 1. The summed E-state index contributed by atoms with van der Waals surface area (Å²) < 4.78 is 1.60. The highest BCUT2D eigenvalue weighted by molar-refractivity contribution is 5.83. The molecule has 2 bridgehead atoms. The van der Waals surface area contributed by atoms with Gasteiger partial charge in [0.1, 0.15) is 6.54 Å². The first-order valence-electron chi connectivity index (χ1n) is 8.66. The zero-order valence-corrected chi connectivity index (χ0v) is 13.9. The van der Waals surface area contributed by atoms with E-state index in [-0.39, 0.29) is 24.5 Å². The van der Waals surface area contributed by atoms with Crippen LogP contribution in [0.2, 0.25) is 0 Å². The number of nitrogens with zero attached hydrogens (tertiary/aromatic N) is 3. The van der Waals surface area contributed by atoms with Gasteiger partial charge < -0.3 is 10.0 Å². The molecule has 1 aromatic heterocycles. The topological polar surface area (TPSA) is 75.4 Å². The van der Waals surface area contributed by atoms with Crippen LogP contribution in [0.3, 0.4) is 0 Å². The molecule has 6 heteroatoms. The van der Waals surface area contributed by atoms with Gasteiger partial charge in [-0.2, -0.15) is 5.10 Å². The molecule has 1 aromatic carbocycles. The Morgan fingerprint density at radius 2 is 2.00 bits per heavy atom. The number of carbonyl (C=O) groups is 2. The normalized spacial score (nSPS) is 27.6. The van der Waals surface area contributed by atoms with Crippen molar-refractivity contribution in [2.75, 3.05) is 0 Å². The Labute approximate surface area is 146 Å². The van der Waals surface area contributed by atoms with Gasteiger partial charge in [-0.05, 0) is 37.3 Å². The van der Waals surface area contributed by atoms with Gasteiger partial charge >= 0.3 is 5.97 Å². The largest absolute Gasteiger partial charge is 0.481 e. The van der Waals surface area contributed by atoms with Crippen LogP contribution in [-0.4, -0.2) is 43.7 Å². The van der Waals surface area contributed by atoms with E-state index in [1.54, 1.807) is 23.1 Å². The molecule has 2 fully saturated rings. The first-order valence-corrected chi connectivity index (χ1v) is 8.66. The monoisotopic (exact) mass is 339 g/mol. The summed E-state index contributed by atoms with van der Waals surface area (Å²) in [5.41, 5.74) is 0.126. The number of benzene rings is 1. The third kappa shape index (κ3) is 2.62. The molecule has 2 aliphatic heterocycles. The zero-order valence-electron chi connectivity index (χ0n) is 13.9. The highest BCUT2D eigenvalue weighted by Crippen LogP contribution is 2.51. The van der Waals surface area contributed by atoms with Gasteiger partial charge in [0.25, 0.3) is 0 Å². The van der Waals surface area contributed by atoms with Gasteiger partial charge in [0.05, 0.1) is 5.41 Å². The van der Waals surface area contributed by atoms with Crippen molar-refractivity contribution in [3.05, 3.63) is 54.4 Å². The van der Waals surface area contributed by atoms with Crippen LogP contribution in [0.5, 0.6) is 0 Å².